The second-order valence-corrected chi connectivity index (χ2v) is 6.24. The van der Waals surface area contributed by atoms with Crippen LogP contribution in [0.25, 0.3) is 0 Å². The van der Waals surface area contributed by atoms with Crippen LogP contribution < -0.4 is 4.74 Å². The zero-order chi connectivity index (χ0) is 18.9. The van der Waals surface area contributed by atoms with E-state index < -0.39 is 11.9 Å². The van der Waals surface area contributed by atoms with Crippen LogP contribution in [-0.4, -0.2) is 51.3 Å². The highest BCUT2D eigenvalue weighted by atomic mass is 19.4. The molecular weight excluding hydrogens is 351 g/mol. The van der Waals surface area contributed by atoms with Gasteiger partial charge in [-0.2, -0.15) is 13.2 Å². The Morgan fingerprint density at radius 2 is 2.15 bits per heavy atom. The van der Waals surface area contributed by atoms with Crippen molar-refractivity contribution >= 4 is 5.91 Å². The molecule has 0 saturated carbocycles. The first-order valence-electron chi connectivity index (χ1n) is 8.04. The zero-order valence-corrected chi connectivity index (χ0v) is 14.3. The van der Waals surface area contributed by atoms with Crippen molar-refractivity contribution in [2.24, 2.45) is 5.92 Å². The van der Waals surface area contributed by atoms with Crippen LogP contribution in [0.2, 0.25) is 0 Å². The Kier molecular flexibility index (Phi) is 4.84. The number of hydrogen-bond acceptors (Lipinski definition) is 5. The van der Waals surface area contributed by atoms with E-state index in [1.165, 1.54) is 22.6 Å². The third-order valence-electron chi connectivity index (χ3n) is 4.33. The third-order valence-corrected chi connectivity index (χ3v) is 4.33. The summed E-state index contributed by atoms with van der Waals surface area (Å²) < 4.78 is 44.8. The lowest BCUT2D eigenvalue weighted by Gasteiger charge is -2.28. The average molecular weight is 369 g/mol. The van der Waals surface area contributed by atoms with E-state index >= 15 is 0 Å². The van der Waals surface area contributed by atoms with Crippen molar-refractivity contribution in [2.45, 2.75) is 25.6 Å². The average Bonchev–Trinajstić information content (AvgIpc) is 3.05. The number of methoxy groups -OCH3 is 1. The second-order valence-electron chi connectivity index (χ2n) is 6.24. The van der Waals surface area contributed by atoms with Gasteiger partial charge in [-0.1, -0.05) is 0 Å². The minimum Gasteiger partial charge on any atom is -0.480 e. The van der Waals surface area contributed by atoms with Gasteiger partial charge in [-0.05, 0) is 18.4 Å². The van der Waals surface area contributed by atoms with Crippen molar-refractivity contribution in [1.29, 1.82) is 0 Å². The van der Waals surface area contributed by atoms with Gasteiger partial charge in [0.25, 0.3) is 5.91 Å². The lowest BCUT2D eigenvalue weighted by atomic mass is 9.99. The molecule has 1 aliphatic rings. The lowest BCUT2D eigenvalue weighted by molar-refractivity contribution is -0.141. The van der Waals surface area contributed by atoms with Crippen molar-refractivity contribution in [3.05, 3.63) is 35.5 Å². The number of hydrogen-bond donors (Lipinski definition) is 0. The monoisotopic (exact) mass is 369 g/mol. The molecule has 1 aliphatic heterocycles. The van der Waals surface area contributed by atoms with Gasteiger partial charge in [-0.25, -0.2) is 4.98 Å². The molecule has 0 saturated heterocycles. The number of imidazole rings is 1. The first-order chi connectivity index (χ1) is 12.3. The highest BCUT2D eigenvalue weighted by Crippen LogP contribution is 2.30. The summed E-state index contributed by atoms with van der Waals surface area (Å²) in [6.45, 7) is 0.801. The predicted octanol–water partition coefficient (Wildman–Crippen LogP) is 2.04. The molecule has 2 aromatic heterocycles. The van der Waals surface area contributed by atoms with E-state index in [0.717, 1.165) is 6.20 Å². The Hall–Kier alpha value is -2.65. The summed E-state index contributed by atoms with van der Waals surface area (Å²) in [7, 11) is 3.09. The van der Waals surface area contributed by atoms with E-state index in [4.69, 9.17) is 4.74 Å². The normalized spacial score (nSPS) is 16.9. The summed E-state index contributed by atoms with van der Waals surface area (Å²) in [4.78, 5) is 17.6. The molecule has 0 unspecified atom stereocenters. The van der Waals surface area contributed by atoms with Gasteiger partial charge in [-0.15, -0.1) is 10.2 Å². The van der Waals surface area contributed by atoms with E-state index in [-0.39, 0.29) is 17.5 Å². The Morgan fingerprint density at radius 3 is 2.77 bits per heavy atom. The first-order valence-corrected chi connectivity index (χ1v) is 8.04. The molecule has 3 heterocycles. The van der Waals surface area contributed by atoms with E-state index in [9.17, 15) is 18.0 Å². The summed E-state index contributed by atoms with van der Waals surface area (Å²) in [6, 6.07) is 3.07. The van der Waals surface area contributed by atoms with Gasteiger partial charge in [0.1, 0.15) is 5.82 Å². The number of rotatable bonds is 4. The number of carbonyl (C=O) groups excluding carboxylic acids is 1. The molecule has 7 nitrogen and oxygen atoms in total. The van der Waals surface area contributed by atoms with Crippen molar-refractivity contribution in [3.63, 3.8) is 0 Å². The molecular formula is C16H18F3N5O2. The number of aromatic nitrogens is 4. The molecule has 0 bridgehead atoms. The lowest BCUT2D eigenvalue weighted by Crippen LogP contribution is -2.35. The fourth-order valence-electron chi connectivity index (χ4n) is 3.01. The standard InChI is InChI=1S/C16H18F3N5O2/c1-23(15(25)11-4-6-14(26-2)22-21-11)7-10-3-5-13-20-12(16(17,18)19)9-24(13)8-10/h4,6,9-10H,3,5,7-8H2,1-2H3/t10-/m1/s1. The van der Waals surface area contributed by atoms with Gasteiger partial charge in [0.05, 0.1) is 7.11 Å². The van der Waals surface area contributed by atoms with Crippen LogP contribution >= 0.6 is 0 Å². The molecule has 0 spiro atoms. The predicted molar refractivity (Wildman–Crippen MR) is 84.6 cm³/mol. The van der Waals surface area contributed by atoms with Crippen LogP contribution in [0, 0.1) is 5.92 Å². The topological polar surface area (TPSA) is 73.1 Å². The molecule has 140 valence electrons. The molecule has 0 aromatic carbocycles. The molecule has 0 aliphatic carbocycles. The van der Waals surface area contributed by atoms with E-state index in [0.29, 0.717) is 37.6 Å². The van der Waals surface area contributed by atoms with Crippen LogP contribution in [0.1, 0.15) is 28.4 Å². The van der Waals surface area contributed by atoms with Gasteiger partial charge < -0.3 is 14.2 Å². The molecule has 0 fully saturated rings. The maximum absolute atomic E-state index is 12.8. The summed E-state index contributed by atoms with van der Waals surface area (Å²) in [5, 5.41) is 7.59. The molecule has 0 radical (unpaired) electrons. The zero-order valence-electron chi connectivity index (χ0n) is 14.3. The number of amides is 1. The van der Waals surface area contributed by atoms with Gasteiger partial charge in [-0.3, -0.25) is 4.79 Å². The van der Waals surface area contributed by atoms with Crippen LogP contribution in [0.3, 0.4) is 0 Å². The van der Waals surface area contributed by atoms with Crippen LogP contribution in [0.5, 0.6) is 5.88 Å². The molecule has 26 heavy (non-hydrogen) atoms. The first kappa shape index (κ1) is 18.2. The summed E-state index contributed by atoms with van der Waals surface area (Å²) in [5.41, 5.74) is -0.683. The SMILES string of the molecule is COc1ccc(C(=O)N(C)C[C@H]2CCc3nc(C(F)(F)F)cn3C2)nn1. The Morgan fingerprint density at radius 1 is 1.38 bits per heavy atom. The highest BCUT2D eigenvalue weighted by Gasteiger charge is 2.36. The number of nitrogens with zero attached hydrogens (tertiary/aromatic N) is 5. The molecule has 10 heteroatoms. The van der Waals surface area contributed by atoms with Crippen molar-refractivity contribution < 1.29 is 22.7 Å². The minimum absolute atomic E-state index is 0.0398. The maximum atomic E-state index is 12.8. The number of fused-ring (bicyclic) bond motifs is 1. The van der Waals surface area contributed by atoms with Gasteiger partial charge in [0.15, 0.2) is 11.4 Å². The third kappa shape index (κ3) is 3.78. The van der Waals surface area contributed by atoms with E-state index in [1.807, 2.05) is 0 Å². The number of aryl methyl sites for hydroxylation is 1. The minimum atomic E-state index is -4.44. The van der Waals surface area contributed by atoms with Crippen molar-refractivity contribution in [3.8, 4) is 5.88 Å². The number of alkyl halides is 3. The Bertz CT molecular complexity index is 788. The molecule has 0 N–H and O–H groups in total. The second kappa shape index (κ2) is 6.93. The number of carbonyl (C=O) groups is 1. The molecule has 3 rings (SSSR count). The van der Waals surface area contributed by atoms with Gasteiger partial charge >= 0.3 is 6.18 Å². The van der Waals surface area contributed by atoms with Gasteiger partial charge in [0, 0.05) is 38.8 Å². The number of halogens is 3. The van der Waals surface area contributed by atoms with Crippen LogP contribution in [0.4, 0.5) is 13.2 Å². The molecule has 1 atom stereocenters. The summed E-state index contributed by atoms with van der Waals surface area (Å²) in [6.07, 6.45) is -2.29. The molecule has 2 aromatic rings. The molecule has 1 amide bonds. The Balaban J connectivity index is 1.64. The van der Waals surface area contributed by atoms with Crippen LogP contribution in [-0.2, 0) is 19.1 Å². The largest absolute Gasteiger partial charge is 0.480 e. The van der Waals surface area contributed by atoms with E-state index in [2.05, 4.69) is 15.2 Å². The fourth-order valence-corrected chi connectivity index (χ4v) is 3.01. The summed E-state index contributed by atoms with van der Waals surface area (Å²) >= 11 is 0. The van der Waals surface area contributed by atoms with Crippen molar-refractivity contribution in [2.75, 3.05) is 20.7 Å². The van der Waals surface area contributed by atoms with Crippen LogP contribution in [0.15, 0.2) is 18.3 Å². The fraction of sp³-hybridized carbons (Fsp3) is 0.500. The quantitative estimate of drug-likeness (QED) is 0.825. The number of ether oxygens (including phenoxy) is 1. The van der Waals surface area contributed by atoms with Crippen molar-refractivity contribution in [1.82, 2.24) is 24.6 Å². The smallest absolute Gasteiger partial charge is 0.434 e. The van der Waals surface area contributed by atoms with Gasteiger partial charge in [0.2, 0.25) is 5.88 Å². The Labute approximate surface area is 147 Å². The van der Waals surface area contributed by atoms with E-state index in [1.54, 1.807) is 13.1 Å². The summed E-state index contributed by atoms with van der Waals surface area (Å²) in [5.74, 6) is 0.485. The highest BCUT2D eigenvalue weighted by molar-refractivity contribution is 5.91. The maximum Gasteiger partial charge on any atom is 0.434 e.